The number of carbonyl (C=O) groups is 1. The maximum absolute atomic E-state index is 13.0. The van der Waals surface area contributed by atoms with Crippen LogP contribution >= 0.6 is 11.3 Å². The molecule has 0 aromatic carbocycles. The van der Waals surface area contributed by atoms with Gasteiger partial charge in [-0.25, -0.2) is 0 Å². The first-order chi connectivity index (χ1) is 12.3. The summed E-state index contributed by atoms with van der Waals surface area (Å²) in [5.74, 6) is 0.0552. The molecule has 2 aromatic heterocycles. The third-order valence-corrected chi connectivity index (χ3v) is 6.78. The molecule has 5 rings (SSSR count). The average molecular weight is 358 g/mol. The highest BCUT2D eigenvalue weighted by Gasteiger charge is 2.37. The number of anilines is 1. The van der Waals surface area contributed by atoms with Gasteiger partial charge in [0.1, 0.15) is 4.88 Å². The predicted octanol–water partition coefficient (Wildman–Crippen LogP) is 2.57. The van der Waals surface area contributed by atoms with Crippen molar-refractivity contribution >= 4 is 22.9 Å². The lowest BCUT2D eigenvalue weighted by molar-refractivity contribution is -0.00489. The van der Waals surface area contributed by atoms with E-state index in [1.54, 1.807) is 11.3 Å². The quantitative estimate of drug-likeness (QED) is 0.866. The molecule has 2 N–H and O–H groups in total. The fourth-order valence-corrected chi connectivity index (χ4v) is 5.59. The van der Waals surface area contributed by atoms with Crippen molar-refractivity contribution < 1.29 is 9.53 Å². The number of nitrogens with zero attached hydrogens (tertiary/aromatic N) is 2. The molecule has 0 aliphatic carbocycles. The number of ether oxygens (including phenoxy) is 1. The van der Waals surface area contributed by atoms with E-state index in [-0.39, 0.29) is 18.1 Å². The van der Waals surface area contributed by atoms with Crippen LogP contribution in [0.5, 0.6) is 0 Å². The van der Waals surface area contributed by atoms with Gasteiger partial charge in [0.25, 0.3) is 5.91 Å². The summed E-state index contributed by atoms with van der Waals surface area (Å²) in [6.07, 6.45) is 9.42. The van der Waals surface area contributed by atoms with Crippen molar-refractivity contribution in [3.63, 3.8) is 0 Å². The van der Waals surface area contributed by atoms with Gasteiger partial charge in [-0.3, -0.25) is 9.89 Å². The van der Waals surface area contributed by atoms with Gasteiger partial charge in [0.2, 0.25) is 0 Å². The van der Waals surface area contributed by atoms with Crippen molar-refractivity contribution in [2.24, 2.45) is 0 Å². The Balaban J connectivity index is 1.53. The third kappa shape index (κ3) is 2.57. The Morgan fingerprint density at radius 3 is 3.04 bits per heavy atom. The van der Waals surface area contributed by atoms with Gasteiger partial charge < -0.3 is 15.0 Å². The van der Waals surface area contributed by atoms with E-state index in [9.17, 15) is 4.79 Å². The van der Waals surface area contributed by atoms with E-state index in [2.05, 4.69) is 20.4 Å². The summed E-state index contributed by atoms with van der Waals surface area (Å²) in [6.45, 7) is 2.67. The normalized spacial score (nSPS) is 26.1. The summed E-state index contributed by atoms with van der Waals surface area (Å²) < 4.78 is 5.97. The lowest BCUT2D eigenvalue weighted by Gasteiger charge is -2.35. The van der Waals surface area contributed by atoms with Crippen LogP contribution in [0.1, 0.15) is 40.9 Å². The molecule has 0 saturated carbocycles. The molecule has 5 heterocycles. The van der Waals surface area contributed by atoms with E-state index < -0.39 is 0 Å². The minimum Gasteiger partial charge on any atom is -0.376 e. The van der Waals surface area contributed by atoms with E-state index in [0.717, 1.165) is 61.5 Å². The van der Waals surface area contributed by atoms with Gasteiger partial charge in [0, 0.05) is 36.3 Å². The van der Waals surface area contributed by atoms with Crippen molar-refractivity contribution in [3.05, 3.63) is 22.8 Å². The Bertz CT molecular complexity index is 779. The number of H-pyrrole nitrogens is 1. The fourth-order valence-electron chi connectivity index (χ4n) is 4.34. The van der Waals surface area contributed by atoms with Crippen LogP contribution in [0.15, 0.2) is 12.4 Å². The predicted molar refractivity (Wildman–Crippen MR) is 97.3 cm³/mol. The highest BCUT2D eigenvalue weighted by Crippen LogP contribution is 2.45. The number of hydrogen-bond acceptors (Lipinski definition) is 5. The highest BCUT2D eigenvalue weighted by molar-refractivity contribution is 7.18. The third-order valence-electron chi connectivity index (χ3n) is 5.51. The maximum atomic E-state index is 13.0. The Kier molecular flexibility index (Phi) is 3.78. The Hall–Kier alpha value is -1.86. The zero-order valence-electron chi connectivity index (χ0n) is 14.1. The molecule has 2 atom stereocenters. The molecule has 3 aliphatic heterocycles. The monoisotopic (exact) mass is 358 g/mol. The van der Waals surface area contributed by atoms with Crippen molar-refractivity contribution in [2.75, 3.05) is 24.6 Å². The maximum Gasteiger partial charge on any atom is 0.263 e. The van der Waals surface area contributed by atoms with Gasteiger partial charge in [-0.2, -0.15) is 5.10 Å². The second-order valence-electron chi connectivity index (χ2n) is 7.11. The van der Waals surface area contributed by atoms with Gasteiger partial charge in [-0.05, 0) is 37.7 Å². The van der Waals surface area contributed by atoms with Crippen molar-refractivity contribution in [1.29, 1.82) is 0 Å². The van der Waals surface area contributed by atoms with Crippen LogP contribution in [0, 0.1) is 0 Å². The van der Waals surface area contributed by atoms with E-state index in [0.29, 0.717) is 0 Å². The van der Waals surface area contributed by atoms with Crippen LogP contribution in [0.4, 0.5) is 5.69 Å². The zero-order valence-corrected chi connectivity index (χ0v) is 14.9. The molecule has 7 heteroatoms. The van der Waals surface area contributed by atoms with E-state index >= 15 is 0 Å². The van der Waals surface area contributed by atoms with Crippen LogP contribution in [-0.2, 0) is 11.2 Å². The summed E-state index contributed by atoms with van der Waals surface area (Å²) in [6, 6.07) is 0.0794. The summed E-state index contributed by atoms with van der Waals surface area (Å²) in [7, 11) is 0. The molecule has 3 aliphatic rings. The number of rotatable bonds is 2. The minimum absolute atomic E-state index is 0.0552. The molecule has 2 aromatic rings. The van der Waals surface area contributed by atoms with Crippen molar-refractivity contribution in [3.8, 4) is 10.4 Å². The number of amides is 1. The first-order valence-electron chi connectivity index (χ1n) is 9.13. The van der Waals surface area contributed by atoms with Crippen molar-refractivity contribution in [1.82, 2.24) is 15.5 Å². The molecule has 0 bridgehead atoms. The molecule has 1 amide bonds. The lowest BCUT2D eigenvalue weighted by atomic mass is 9.98. The number of hydrogen-bond donors (Lipinski definition) is 2. The first-order valence-corrected chi connectivity index (χ1v) is 9.95. The molecule has 0 radical (unpaired) electrons. The SMILES string of the molecule is O=C1N[C@H]([C@@H]2CCCCO2)CN2CCCc3c(-c4cn[nH]c4)sc1c32. The van der Waals surface area contributed by atoms with E-state index in [4.69, 9.17) is 4.74 Å². The van der Waals surface area contributed by atoms with Gasteiger partial charge in [0.05, 0.1) is 24.0 Å². The first kappa shape index (κ1) is 15.4. The molecular formula is C18H22N4O2S. The molecule has 25 heavy (non-hydrogen) atoms. The Morgan fingerprint density at radius 1 is 1.28 bits per heavy atom. The number of aromatic nitrogens is 2. The molecule has 0 unspecified atom stereocenters. The Labute approximate surface area is 150 Å². The Morgan fingerprint density at radius 2 is 2.24 bits per heavy atom. The van der Waals surface area contributed by atoms with Crippen LogP contribution in [0.2, 0.25) is 0 Å². The summed E-state index contributed by atoms with van der Waals surface area (Å²) >= 11 is 1.60. The standard InChI is InChI=1S/C18H22N4O2S/c23-18-17-15-12(16(25-17)11-8-19-20-9-11)4-3-6-22(15)10-13(21-18)14-5-1-2-7-24-14/h8-9,13-14H,1-7,10H2,(H,19,20)(H,21,23)/t13-,14-/m0/s1. The van der Waals surface area contributed by atoms with Gasteiger partial charge in [-0.15, -0.1) is 11.3 Å². The molecule has 6 nitrogen and oxygen atoms in total. The second-order valence-corrected chi connectivity index (χ2v) is 8.13. The number of carbonyl (C=O) groups excluding carboxylic acids is 1. The summed E-state index contributed by atoms with van der Waals surface area (Å²) in [5, 5.41) is 10.2. The van der Waals surface area contributed by atoms with Crippen LogP contribution in [0.25, 0.3) is 10.4 Å². The topological polar surface area (TPSA) is 70.2 Å². The average Bonchev–Trinajstić information content (AvgIpc) is 3.26. The van der Waals surface area contributed by atoms with Gasteiger partial charge in [-0.1, -0.05) is 0 Å². The van der Waals surface area contributed by atoms with Crippen LogP contribution in [0.3, 0.4) is 0 Å². The van der Waals surface area contributed by atoms with Crippen LogP contribution < -0.4 is 10.2 Å². The number of aromatic amines is 1. The van der Waals surface area contributed by atoms with E-state index in [1.165, 1.54) is 16.9 Å². The lowest BCUT2D eigenvalue weighted by Crippen LogP contribution is -2.50. The van der Waals surface area contributed by atoms with E-state index in [1.807, 2.05) is 12.4 Å². The summed E-state index contributed by atoms with van der Waals surface area (Å²) in [4.78, 5) is 17.4. The number of thiophene rings is 1. The smallest absolute Gasteiger partial charge is 0.263 e. The molecule has 1 saturated heterocycles. The van der Waals surface area contributed by atoms with Crippen molar-refractivity contribution in [2.45, 2.75) is 44.2 Å². The zero-order chi connectivity index (χ0) is 16.8. The van der Waals surface area contributed by atoms with Gasteiger partial charge >= 0.3 is 0 Å². The number of nitrogens with one attached hydrogen (secondary N) is 2. The highest BCUT2D eigenvalue weighted by atomic mass is 32.1. The fraction of sp³-hybridized carbons (Fsp3) is 0.556. The molecular weight excluding hydrogens is 336 g/mol. The molecule has 1 fully saturated rings. The molecule has 132 valence electrons. The summed E-state index contributed by atoms with van der Waals surface area (Å²) in [5.41, 5.74) is 3.55. The molecule has 0 spiro atoms. The van der Waals surface area contributed by atoms with Gasteiger partial charge in [0.15, 0.2) is 0 Å². The largest absolute Gasteiger partial charge is 0.376 e. The second kappa shape index (κ2) is 6.14. The van der Waals surface area contributed by atoms with Crippen LogP contribution in [-0.4, -0.2) is 47.9 Å². The minimum atomic E-state index is 0.0552.